The minimum Gasteiger partial charge on any atom is -0.481 e. The maximum atomic E-state index is 13.0. The van der Waals surface area contributed by atoms with Crippen LogP contribution >= 0.6 is 0 Å². The van der Waals surface area contributed by atoms with Crippen molar-refractivity contribution in [2.24, 2.45) is 11.7 Å². The molecule has 12 heteroatoms. The van der Waals surface area contributed by atoms with Gasteiger partial charge in [0.25, 0.3) is 0 Å². The Morgan fingerprint density at radius 1 is 0.943 bits per heavy atom. The molecular formula is C23H41N3O9. The van der Waals surface area contributed by atoms with Gasteiger partial charge in [0.15, 0.2) is 6.10 Å². The number of ether oxygens (including phenoxy) is 3. The highest BCUT2D eigenvalue weighted by atomic mass is 16.6. The molecular weight excluding hydrogens is 462 g/mol. The van der Waals surface area contributed by atoms with Crippen LogP contribution in [0.3, 0.4) is 0 Å². The van der Waals surface area contributed by atoms with Crippen molar-refractivity contribution >= 4 is 29.9 Å². The molecule has 5 N–H and O–H groups in total. The molecule has 0 saturated carbocycles. The van der Waals surface area contributed by atoms with Crippen molar-refractivity contribution < 1.29 is 43.3 Å². The van der Waals surface area contributed by atoms with Crippen LogP contribution in [0.4, 0.5) is 4.79 Å². The maximum Gasteiger partial charge on any atom is 0.408 e. The molecule has 0 aromatic heterocycles. The molecule has 0 aliphatic rings. The van der Waals surface area contributed by atoms with Crippen molar-refractivity contribution in [3.63, 3.8) is 0 Å². The largest absolute Gasteiger partial charge is 0.481 e. The highest BCUT2D eigenvalue weighted by Crippen LogP contribution is 2.13. The summed E-state index contributed by atoms with van der Waals surface area (Å²) < 4.78 is 15.2. The minimum absolute atomic E-state index is 0.0436. The number of rotatable bonds is 15. The van der Waals surface area contributed by atoms with Gasteiger partial charge >= 0.3 is 24.0 Å². The maximum absolute atomic E-state index is 13.0. The fourth-order valence-electron chi connectivity index (χ4n) is 3.00. The van der Waals surface area contributed by atoms with Gasteiger partial charge in [-0.3, -0.25) is 9.59 Å². The Morgan fingerprint density at radius 3 is 2.06 bits per heavy atom. The predicted molar refractivity (Wildman–Crippen MR) is 126 cm³/mol. The van der Waals surface area contributed by atoms with E-state index in [9.17, 15) is 24.0 Å². The van der Waals surface area contributed by atoms with Crippen molar-refractivity contribution in [2.45, 2.75) is 96.9 Å². The average Bonchev–Trinajstić information content (AvgIpc) is 2.73. The first kappa shape index (κ1) is 32.1. The lowest BCUT2D eigenvalue weighted by molar-refractivity contribution is -0.168. The van der Waals surface area contributed by atoms with E-state index in [1.165, 1.54) is 7.11 Å². The van der Waals surface area contributed by atoms with Gasteiger partial charge in [-0.05, 0) is 65.3 Å². The van der Waals surface area contributed by atoms with Crippen LogP contribution in [0.1, 0.15) is 73.1 Å². The quantitative estimate of drug-likeness (QED) is 0.145. The van der Waals surface area contributed by atoms with E-state index in [1.54, 1.807) is 20.8 Å². The number of amides is 2. The number of carboxylic acids is 1. The topological polar surface area (TPSA) is 183 Å². The molecule has 12 nitrogen and oxygen atoms in total. The number of hydrogen-bond donors (Lipinski definition) is 4. The zero-order valence-electron chi connectivity index (χ0n) is 21.5. The van der Waals surface area contributed by atoms with Crippen LogP contribution < -0.4 is 16.4 Å². The van der Waals surface area contributed by atoms with Gasteiger partial charge in [0.1, 0.15) is 17.7 Å². The summed E-state index contributed by atoms with van der Waals surface area (Å²) in [5.41, 5.74) is 4.64. The fraction of sp³-hybridized carbons (Fsp3) is 0.783. The lowest BCUT2D eigenvalue weighted by atomic mass is 10.0. The van der Waals surface area contributed by atoms with Gasteiger partial charge in [0.2, 0.25) is 5.91 Å². The number of alkyl carbamates (subject to hydrolysis) is 1. The number of unbranched alkanes of at least 4 members (excludes halogenated alkanes) is 1. The van der Waals surface area contributed by atoms with Crippen LogP contribution in [0.15, 0.2) is 0 Å². The first-order valence-corrected chi connectivity index (χ1v) is 11.7. The first-order chi connectivity index (χ1) is 16.2. The molecule has 0 aromatic carbocycles. The van der Waals surface area contributed by atoms with Crippen molar-refractivity contribution in [3.05, 3.63) is 0 Å². The summed E-state index contributed by atoms with van der Waals surface area (Å²) in [6, 6.07) is -2.42. The Hall–Kier alpha value is -2.89. The number of carboxylic acid groups (broad SMARTS) is 1. The van der Waals surface area contributed by atoms with Crippen molar-refractivity contribution in [2.75, 3.05) is 13.7 Å². The van der Waals surface area contributed by atoms with Gasteiger partial charge in [-0.15, -0.1) is 0 Å². The molecule has 35 heavy (non-hydrogen) atoms. The molecule has 2 amide bonds. The summed E-state index contributed by atoms with van der Waals surface area (Å²) >= 11 is 0. The third kappa shape index (κ3) is 14.9. The molecule has 0 bridgehead atoms. The summed E-state index contributed by atoms with van der Waals surface area (Å²) in [6.07, 6.45) is -1.16. The Balaban J connectivity index is 5.55. The molecule has 0 aliphatic carbocycles. The van der Waals surface area contributed by atoms with E-state index in [4.69, 9.17) is 25.1 Å². The summed E-state index contributed by atoms with van der Waals surface area (Å²) in [5.74, 6) is -3.55. The SMILES string of the molecule is COC(=O)C(CCCCN)OC(=O)C(CC(C)C)NC(=O)C(CCC(=O)O)NC(=O)OC(C)(C)C. The second-order valence-electron chi connectivity index (χ2n) is 9.56. The van der Waals surface area contributed by atoms with Crippen LogP contribution in [-0.2, 0) is 33.4 Å². The van der Waals surface area contributed by atoms with Crippen molar-refractivity contribution in [1.29, 1.82) is 0 Å². The van der Waals surface area contributed by atoms with E-state index in [1.807, 2.05) is 13.8 Å². The van der Waals surface area contributed by atoms with Crippen LogP contribution in [0.25, 0.3) is 0 Å². The fourth-order valence-corrected chi connectivity index (χ4v) is 3.00. The smallest absolute Gasteiger partial charge is 0.408 e. The number of nitrogens with two attached hydrogens (primary N) is 1. The van der Waals surface area contributed by atoms with E-state index in [0.29, 0.717) is 19.4 Å². The van der Waals surface area contributed by atoms with E-state index in [-0.39, 0.29) is 25.2 Å². The van der Waals surface area contributed by atoms with Gasteiger partial charge in [-0.1, -0.05) is 13.8 Å². The zero-order valence-corrected chi connectivity index (χ0v) is 21.5. The zero-order chi connectivity index (χ0) is 27.2. The number of hydrogen-bond acceptors (Lipinski definition) is 9. The first-order valence-electron chi connectivity index (χ1n) is 11.7. The number of aliphatic carboxylic acids is 1. The van der Waals surface area contributed by atoms with Crippen molar-refractivity contribution in [1.82, 2.24) is 10.6 Å². The number of nitrogens with one attached hydrogen (secondary N) is 2. The Bertz CT molecular complexity index is 720. The predicted octanol–water partition coefficient (Wildman–Crippen LogP) is 1.49. The molecule has 0 spiro atoms. The lowest BCUT2D eigenvalue weighted by Crippen LogP contribution is -2.53. The van der Waals surface area contributed by atoms with Crippen molar-refractivity contribution in [3.8, 4) is 0 Å². The van der Waals surface area contributed by atoms with Gasteiger partial charge in [-0.25, -0.2) is 14.4 Å². The van der Waals surface area contributed by atoms with Crippen LogP contribution in [0, 0.1) is 5.92 Å². The second kappa shape index (κ2) is 15.9. The monoisotopic (exact) mass is 503 g/mol. The summed E-state index contributed by atoms with van der Waals surface area (Å²) in [4.78, 5) is 61.1. The van der Waals surface area contributed by atoms with Crippen LogP contribution in [0.2, 0.25) is 0 Å². The number of carbonyl (C=O) groups excluding carboxylic acids is 4. The van der Waals surface area contributed by atoms with Gasteiger partial charge in [0.05, 0.1) is 7.11 Å². The molecule has 0 aliphatic heterocycles. The molecule has 3 unspecified atom stereocenters. The third-order valence-corrected chi connectivity index (χ3v) is 4.61. The summed E-state index contributed by atoms with van der Waals surface area (Å²) in [5, 5.41) is 13.9. The summed E-state index contributed by atoms with van der Waals surface area (Å²) in [7, 11) is 1.18. The molecule has 202 valence electrons. The third-order valence-electron chi connectivity index (χ3n) is 4.61. The highest BCUT2D eigenvalue weighted by Gasteiger charge is 2.32. The number of esters is 2. The van der Waals surface area contributed by atoms with E-state index < -0.39 is 60.1 Å². The molecule has 0 fully saturated rings. The molecule has 3 atom stereocenters. The number of carbonyl (C=O) groups is 5. The van der Waals surface area contributed by atoms with E-state index in [2.05, 4.69) is 10.6 Å². The molecule has 0 radical (unpaired) electrons. The Morgan fingerprint density at radius 2 is 1.57 bits per heavy atom. The van der Waals surface area contributed by atoms with E-state index in [0.717, 1.165) is 0 Å². The molecule has 0 rings (SSSR count). The Labute approximate surface area is 206 Å². The normalized spacial score (nSPS) is 13.8. The molecule has 0 saturated heterocycles. The molecule has 0 heterocycles. The van der Waals surface area contributed by atoms with Crippen LogP contribution in [-0.4, -0.2) is 72.5 Å². The van der Waals surface area contributed by atoms with Gasteiger partial charge in [-0.2, -0.15) is 0 Å². The van der Waals surface area contributed by atoms with Gasteiger partial charge in [0, 0.05) is 6.42 Å². The molecule has 0 aromatic rings. The lowest BCUT2D eigenvalue weighted by Gasteiger charge is -2.26. The summed E-state index contributed by atoms with van der Waals surface area (Å²) in [6.45, 7) is 8.98. The highest BCUT2D eigenvalue weighted by molar-refractivity contribution is 5.90. The minimum atomic E-state index is -1.27. The van der Waals surface area contributed by atoms with Gasteiger partial charge < -0.3 is 35.7 Å². The van der Waals surface area contributed by atoms with E-state index >= 15 is 0 Å². The number of methoxy groups -OCH3 is 1. The second-order valence-corrected chi connectivity index (χ2v) is 9.56. The standard InChI is InChI=1S/C23H41N3O9/c1-14(2)13-16(20(30)34-17(21(31)33-6)9-7-8-12-24)25-19(29)15(10-11-18(27)28)26-22(32)35-23(3,4)5/h14-17H,7-13,24H2,1-6H3,(H,25,29)(H,26,32)(H,27,28). The Kier molecular flexibility index (Phi) is 14.6. The van der Waals surface area contributed by atoms with Crippen LogP contribution in [0.5, 0.6) is 0 Å². The average molecular weight is 504 g/mol.